The zero-order chi connectivity index (χ0) is 24.7. The maximum Gasteiger partial charge on any atom is 0.0451 e. The Hall–Kier alpha value is -3.02. The van der Waals surface area contributed by atoms with E-state index >= 15 is 0 Å². The van der Waals surface area contributed by atoms with Crippen LogP contribution < -0.4 is 11.5 Å². The van der Waals surface area contributed by atoms with E-state index in [-0.39, 0.29) is 12.1 Å². The molecule has 0 aliphatic heterocycles. The Labute approximate surface area is 222 Å². The van der Waals surface area contributed by atoms with E-state index in [2.05, 4.69) is 115 Å². The molecule has 4 N–H and O–H groups in total. The normalized spacial score (nSPS) is 20.1. The van der Waals surface area contributed by atoms with Gasteiger partial charge in [-0.25, -0.2) is 0 Å². The lowest BCUT2D eigenvalue weighted by molar-refractivity contribution is 0.511. The molecule has 1 aliphatic rings. The van der Waals surface area contributed by atoms with Gasteiger partial charge in [-0.15, -0.1) is 0 Å². The fourth-order valence-electron chi connectivity index (χ4n) is 4.41. The summed E-state index contributed by atoms with van der Waals surface area (Å²) in [6.45, 7) is 0. The second-order valence-corrected chi connectivity index (χ2v) is 11.1. The van der Waals surface area contributed by atoms with Gasteiger partial charge in [-0.3, -0.25) is 0 Å². The molecular formula is C32H30N2S2. The molecule has 36 heavy (non-hydrogen) atoms. The highest BCUT2D eigenvalue weighted by Gasteiger charge is 2.27. The maximum absolute atomic E-state index is 6.73. The van der Waals surface area contributed by atoms with Gasteiger partial charge >= 0.3 is 0 Å². The van der Waals surface area contributed by atoms with Crippen molar-refractivity contribution in [3.8, 4) is 0 Å². The number of hydrogen-bond acceptors (Lipinski definition) is 4. The lowest BCUT2D eigenvalue weighted by atomic mass is 9.81. The molecule has 1 aliphatic carbocycles. The first-order valence-corrected chi connectivity index (χ1v) is 13.9. The topological polar surface area (TPSA) is 52.0 Å². The molecule has 1 fully saturated rings. The van der Waals surface area contributed by atoms with Gasteiger partial charge < -0.3 is 11.5 Å². The first-order chi connectivity index (χ1) is 17.7. The van der Waals surface area contributed by atoms with Crippen molar-refractivity contribution in [1.29, 1.82) is 0 Å². The summed E-state index contributed by atoms with van der Waals surface area (Å²) >= 11 is 3.56. The quantitative estimate of drug-likeness (QED) is 0.279. The fraction of sp³-hybridized carbons (Fsp3) is 0.125. The molecule has 0 radical (unpaired) electrons. The van der Waals surface area contributed by atoms with Crippen LogP contribution in [0, 0.1) is 0 Å². The zero-order valence-corrected chi connectivity index (χ0v) is 21.7. The summed E-state index contributed by atoms with van der Waals surface area (Å²) in [4.78, 5) is 4.89. The summed E-state index contributed by atoms with van der Waals surface area (Å²) in [5.74, 6) is 0. The van der Waals surface area contributed by atoms with Crippen molar-refractivity contribution < 1.29 is 0 Å². The summed E-state index contributed by atoms with van der Waals surface area (Å²) in [6.07, 6.45) is 6.38. The molecule has 180 valence electrons. The Bertz CT molecular complexity index is 1360. The highest BCUT2D eigenvalue weighted by molar-refractivity contribution is 7.99. The van der Waals surface area contributed by atoms with Gasteiger partial charge in [0.2, 0.25) is 0 Å². The molecule has 0 saturated heterocycles. The van der Waals surface area contributed by atoms with Crippen molar-refractivity contribution >= 4 is 35.7 Å². The predicted octanol–water partition coefficient (Wildman–Crippen LogP) is 7.90. The molecule has 0 aromatic heterocycles. The minimum absolute atomic E-state index is 0.0451. The van der Waals surface area contributed by atoms with Crippen molar-refractivity contribution in [2.45, 2.75) is 44.5 Å². The molecule has 1 saturated carbocycles. The van der Waals surface area contributed by atoms with Gasteiger partial charge in [-0.05, 0) is 77.6 Å². The molecule has 0 spiro atoms. The Morgan fingerprint density at radius 1 is 0.583 bits per heavy atom. The molecule has 0 bridgehead atoms. The highest BCUT2D eigenvalue weighted by atomic mass is 32.2. The Morgan fingerprint density at radius 2 is 1.06 bits per heavy atom. The highest BCUT2D eigenvalue weighted by Crippen LogP contribution is 2.37. The standard InChI is InChI=1S/C32H30N2S2/c33-29-20-19-23(21-24-11-7-9-17-30(24)35-26-13-3-1-4-14-26)28(32(29)34)22-25-12-8-10-18-31(25)36-27-15-5-2-6-16-27/h1-18,21-22,29,32H,19-20,33-34H2/b23-21+,28-22-. The first-order valence-electron chi connectivity index (χ1n) is 12.2. The molecule has 2 unspecified atom stereocenters. The average molecular weight is 507 g/mol. The number of benzene rings is 4. The molecule has 4 aromatic carbocycles. The van der Waals surface area contributed by atoms with E-state index < -0.39 is 0 Å². The average Bonchev–Trinajstić information content (AvgIpc) is 2.91. The third kappa shape index (κ3) is 6.03. The van der Waals surface area contributed by atoms with Gasteiger partial charge in [0.15, 0.2) is 0 Å². The van der Waals surface area contributed by atoms with Crippen LogP contribution in [-0.4, -0.2) is 12.1 Å². The van der Waals surface area contributed by atoms with Crippen LogP contribution in [0.15, 0.2) is 140 Å². The number of rotatable bonds is 6. The van der Waals surface area contributed by atoms with Gasteiger partial charge in [-0.1, -0.05) is 102 Å². The van der Waals surface area contributed by atoms with E-state index in [1.54, 1.807) is 23.5 Å². The minimum Gasteiger partial charge on any atom is -0.326 e. The van der Waals surface area contributed by atoms with Crippen LogP contribution in [-0.2, 0) is 0 Å². The van der Waals surface area contributed by atoms with Crippen LogP contribution in [0.3, 0.4) is 0 Å². The van der Waals surface area contributed by atoms with Crippen LogP contribution >= 0.6 is 23.5 Å². The zero-order valence-electron chi connectivity index (χ0n) is 20.1. The molecule has 4 aromatic rings. The Morgan fingerprint density at radius 3 is 1.61 bits per heavy atom. The van der Waals surface area contributed by atoms with E-state index in [4.69, 9.17) is 11.5 Å². The van der Waals surface area contributed by atoms with Gasteiger partial charge in [-0.2, -0.15) is 0 Å². The van der Waals surface area contributed by atoms with E-state index in [0.717, 1.165) is 18.4 Å². The Kier molecular flexibility index (Phi) is 8.09. The van der Waals surface area contributed by atoms with E-state index in [0.29, 0.717) is 0 Å². The number of nitrogens with two attached hydrogens (primary N) is 2. The third-order valence-corrected chi connectivity index (χ3v) is 8.56. The van der Waals surface area contributed by atoms with Crippen molar-refractivity contribution in [3.63, 3.8) is 0 Å². The molecular weight excluding hydrogens is 477 g/mol. The van der Waals surface area contributed by atoms with Crippen molar-refractivity contribution in [1.82, 2.24) is 0 Å². The smallest absolute Gasteiger partial charge is 0.0451 e. The van der Waals surface area contributed by atoms with Crippen LogP contribution in [0.25, 0.3) is 12.2 Å². The summed E-state index contributed by atoms with van der Waals surface area (Å²) < 4.78 is 0. The number of hydrogen-bond donors (Lipinski definition) is 2. The minimum atomic E-state index is -0.200. The summed E-state index contributed by atoms with van der Waals surface area (Å²) in [7, 11) is 0. The molecule has 0 amide bonds. The summed E-state index contributed by atoms with van der Waals surface area (Å²) in [5, 5.41) is 0. The third-order valence-electron chi connectivity index (χ3n) is 6.36. The summed E-state index contributed by atoms with van der Waals surface area (Å²) in [5.41, 5.74) is 18.0. The van der Waals surface area contributed by atoms with Gasteiger partial charge in [0.05, 0.1) is 0 Å². The van der Waals surface area contributed by atoms with Crippen LogP contribution in [0.2, 0.25) is 0 Å². The van der Waals surface area contributed by atoms with Gasteiger partial charge in [0, 0.05) is 31.7 Å². The largest absolute Gasteiger partial charge is 0.326 e. The first kappa shape index (κ1) is 24.7. The molecule has 0 heterocycles. The van der Waals surface area contributed by atoms with E-state index in [9.17, 15) is 0 Å². The second kappa shape index (κ2) is 11.8. The molecule has 4 heteroatoms. The van der Waals surface area contributed by atoms with Crippen LogP contribution in [0.4, 0.5) is 0 Å². The van der Waals surface area contributed by atoms with Crippen molar-refractivity contribution in [2.75, 3.05) is 0 Å². The monoisotopic (exact) mass is 506 g/mol. The SMILES string of the molecule is NC1CCC(=C\c2ccccc2Sc2ccccc2)/C(=C/c2ccccc2Sc2ccccc2)C1N. The second-order valence-electron chi connectivity index (χ2n) is 8.90. The van der Waals surface area contributed by atoms with Crippen LogP contribution in [0.5, 0.6) is 0 Å². The maximum atomic E-state index is 6.73. The van der Waals surface area contributed by atoms with Crippen LogP contribution in [0.1, 0.15) is 24.0 Å². The van der Waals surface area contributed by atoms with Gasteiger partial charge in [0.1, 0.15) is 0 Å². The molecule has 2 nitrogen and oxygen atoms in total. The molecule has 5 rings (SSSR count). The van der Waals surface area contributed by atoms with E-state index in [1.165, 1.54) is 36.3 Å². The van der Waals surface area contributed by atoms with Gasteiger partial charge in [0.25, 0.3) is 0 Å². The fourth-order valence-corrected chi connectivity index (χ4v) is 6.28. The summed E-state index contributed by atoms with van der Waals surface area (Å²) in [6, 6.07) is 37.8. The predicted molar refractivity (Wildman–Crippen MR) is 155 cm³/mol. The Balaban J connectivity index is 1.52. The lowest BCUT2D eigenvalue weighted by Crippen LogP contribution is -2.45. The van der Waals surface area contributed by atoms with Crippen molar-refractivity contribution in [3.05, 3.63) is 131 Å². The lowest BCUT2D eigenvalue weighted by Gasteiger charge is -2.31. The van der Waals surface area contributed by atoms with E-state index in [1.807, 2.05) is 6.07 Å². The molecule has 2 atom stereocenters. The van der Waals surface area contributed by atoms with Crippen molar-refractivity contribution in [2.24, 2.45) is 11.5 Å².